The Morgan fingerprint density at radius 2 is 1.89 bits per heavy atom. The third kappa shape index (κ3) is 5.62. The quantitative estimate of drug-likeness (QED) is 0.419. The van der Waals surface area contributed by atoms with Crippen molar-refractivity contribution in [2.75, 3.05) is 6.61 Å². The molecule has 18 heavy (non-hydrogen) atoms. The number of amides is 1. The van der Waals surface area contributed by atoms with Gasteiger partial charge in [0, 0.05) is 0 Å². The molecule has 104 valence electrons. The maximum Gasteiger partial charge on any atom is 0.332 e. The summed E-state index contributed by atoms with van der Waals surface area (Å²) in [6.07, 6.45) is 0.261. The van der Waals surface area contributed by atoms with Gasteiger partial charge in [-0.1, -0.05) is 13.8 Å². The molecular formula is C11H20N2O5. The van der Waals surface area contributed by atoms with Gasteiger partial charge in [-0.2, -0.15) is 0 Å². The van der Waals surface area contributed by atoms with Crippen LogP contribution in [0, 0.1) is 5.92 Å². The molecule has 0 aromatic carbocycles. The van der Waals surface area contributed by atoms with Crippen LogP contribution in [0.1, 0.15) is 27.2 Å². The van der Waals surface area contributed by atoms with Crippen LogP contribution in [0.15, 0.2) is 0 Å². The van der Waals surface area contributed by atoms with Gasteiger partial charge in [0.2, 0.25) is 5.91 Å². The predicted molar refractivity (Wildman–Crippen MR) is 63.6 cm³/mol. The number of carboxylic acid groups (broad SMARTS) is 1. The first-order valence-electron chi connectivity index (χ1n) is 5.75. The van der Waals surface area contributed by atoms with Crippen LogP contribution in [-0.2, 0) is 19.1 Å². The average Bonchev–Trinajstić information content (AvgIpc) is 2.26. The normalized spacial score (nSPS) is 13.8. The van der Waals surface area contributed by atoms with E-state index in [4.69, 9.17) is 10.8 Å². The fourth-order valence-corrected chi connectivity index (χ4v) is 1.29. The number of carbonyl (C=O) groups is 3. The number of carbonyl (C=O) groups excluding carboxylic acids is 2. The molecule has 7 nitrogen and oxygen atoms in total. The molecule has 0 aliphatic heterocycles. The molecule has 0 radical (unpaired) electrons. The Balaban J connectivity index is 4.50. The highest BCUT2D eigenvalue weighted by Crippen LogP contribution is 2.05. The summed E-state index contributed by atoms with van der Waals surface area (Å²) in [5.41, 5.74) is 5.35. The van der Waals surface area contributed by atoms with Gasteiger partial charge in [0.1, 0.15) is 6.04 Å². The number of carboxylic acids is 1. The topological polar surface area (TPSA) is 119 Å². The summed E-state index contributed by atoms with van der Waals surface area (Å²) >= 11 is 0. The molecule has 0 aromatic heterocycles. The summed E-state index contributed by atoms with van der Waals surface area (Å²) < 4.78 is 4.58. The number of hydrogen-bond acceptors (Lipinski definition) is 5. The summed E-state index contributed by atoms with van der Waals surface area (Å²) in [6, 6.07) is -2.56. The Hall–Kier alpha value is -1.63. The standard InChI is InChI=1S/C11H20N2O5/c1-4-18-11(17)8(12)9(14)13-7(10(15)16)5-6(2)3/h6-8H,4-5,12H2,1-3H3,(H,13,14)(H,15,16). The number of nitrogens with two attached hydrogens (primary N) is 1. The van der Waals surface area contributed by atoms with Crippen LogP contribution in [0.3, 0.4) is 0 Å². The molecule has 0 saturated carbocycles. The third-order valence-electron chi connectivity index (χ3n) is 2.14. The molecule has 2 atom stereocenters. The molecule has 0 fully saturated rings. The number of rotatable bonds is 7. The molecule has 4 N–H and O–H groups in total. The smallest absolute Gasteiger partial charge is 0.332 e. The second kappa shape index (κ2) is 7.65. The lowest BCUT2D eigenvalue weighted by Crippen LogP contribution is -2.52. The highest BCUT2D eigenvalue weighted by Gasteiger charge is 2.28. The van der Waals surface area contributed by atoms with Crippen LogP contribution in [-0.4, -0.2) is 41.6 Å². The molecule has 0 rings (SSSR count). The zero-order valence-electron chi connectivity index (χ0n) is 10.8. The van der Waals surface area contributed by atoms with Crippen molar-refractivity contribution in [2.24, 2.45) is 11.7 Å². The number of esters is 1. The number of ether oxygens (including phenoxy) is 1. The molecule has 0 heterocycles. The van der Waals surface area contributed by atoms with Crippen LogP contribution in [0.25, 0.3) is 0 Å². The average molecular weight is 260 g/mol. The predicted octanol–water partition coefficient (Wildman–Crippen LogP) is -0.508. The van der Waals surface area contributed by atoms with Crippen molar-refractivity contribution in [3.05, 3.63) is 0 Å². The van der Waals surface area contributed by atoms with Crippen molar-refractivity contribution < 1.29 is 24.2 Å². The lowest BCUT2D eigenvalue weighted by Gasteiger charge is -2.18. The second-order valence-electron chi connectivity index (χ2n) is 4.26. The van der Waals surface area contributed by atoms with Gasteiger partial charge < -0.3 is 20.9 Å². The SMILES string of the molecule is CCOC(=O)C(N)C(=O)NC(CC(C)C)C(=O)O. The van der Waals surface area contributed by atoms with Crippen LogP contribution >= 0.6 is 0 Å². The highest BCUT2D eigenvalue weighted by molar-refractivity contribution is 6.02. The lowest BCUT2D eigenvalue weighted by atomic mass is 10.0. The molecule has 0 spiro atoms. The summed E-state index contributed by atoms with van der Waals surface area (Å²) in [4.78, 5) is 33.7. The highest BCUT2D eigenvalue weighted by atomic mass is 16.5. The second-order valence-corrected chi connectivity index (χ2v) is 4.26. The van der Waals surface area contributed by atoms with Crippen molar-refractivity contribution in [3.8, 4) is 0 Å². The zero-order valence-corrected chi connectivity index (χ0v) is 10.8. The first-order chi connectivity index (χ1) is 8.29. The molecule has 2 unspecified atom stereocenters. The van der Waals surface area contributed by atoms with Gasteiger partial charge in [-0.15, -0.1) is 0 Å². The van der Waals surface area contributed by atoms with Crippen LogP contribution in [0.2, 0.25) is 0 Å². The van der Waals surface area contributed by atoms with Crippen LogP contribution in [0.5, 0.6) is 0 Å². The van der Waals surface area contributed by atoms with E-state index in [0.717, 1.165) is 0 Å². The van der Waals surface area contributed by atoms with Crippen molar-refractivity contribution in [3.63, 3.8) is 0 Å². The Morgan fingerprint density at radius 3 is 2.28 bits per heavy atom. The van der Waals surface area contributed by atoms with Crippen LogP contribution < -0.4 is 11.1 Å². The number of aliphatic carboxylic acids is 1. The van der Waals surface area contributed by atoms with Crippen molar-refractivity contribution in [1.82, 2.24) is 5.32 Å². The van der Waals surface area contributed by atoms with E-state index in [0.29, 0.717) is 0 Å². The molecule has 0 aliphatic carbocycles. The van der Waals surface area contributed by atoms with E-state index < -0.39 is 29.9 Å². The van der Waals surface area contributed by atoms with E-state index in [9.17, 15) is 14.4 Å². The van der Waals surface area contributed by atoms with Gasteiger partial charge in [0.05, 0.1) is 6.61 Å². The van der Waals surface area contributed by atoms with Crippen molar-refractivity contribution >= 4 is 17.8 Å². The van der Waals surface area contributed by atoms with E-state index in [1.54, 1.807) is 6.92 Å². The zero-order chi connectivity index (χ0) is 14.3. The molecule has 0 saturated heterocycles. The summed E-state index contributed by atoms with van der Waals surface area (Å²) in [5, 5.41) is 11.1. The molecule has 7 heteroatoms. The van der Waals surface area contributed by atoms with Gasteiger partial charge in [-0.05, 0) is 19.3 Å². The van der Waals surface area contributed by atoms with Gasteiger partial charge in [0.15, 0.2) is 6.04 Å². The van der Waals surface area contributed by atoms with E-state index >= 15 is 0 Å². The first kappa shape index (κ1) is 16.4. The van der Waals surface area contributed by atoms with Gasteiger partial charge in [-0.3, -0.25) is 4.79 Å². The molecule has 0 bridgehead atoms. The fourth-order valence-electron chi connectivity index (χ4n) is 1.29. The Labute approximate surface area is 106 Å². The van der Waals surface area contributed by atoms with E-state index in [-0.39, 0.29) is 18.9 Å². The first-order valence-corrected chi connectivity index (χ1v) is 5.75. The van der Waals surface area contributed by atoms with Crippen molar-refractivity contribution in [2.45, 2.75) is 39.3 Å². The monoisotopic (exact) mass is 260 g/mol. The number of nitrogens with one attached hydrogen (secondary N) is 1. The van der Waals surface area contributed by atoms with Crippen molar-refractivity contribution in [1.29, 1.82) is 0 Å². The van der Waals surface area contributed by atoms with E-state index in [1.807, 2.05) is 13.8 Å². The Kier molecular flexibility index (Phi) is 6.96. The van der Waals surface area contributed by atoms with E-state index in [1.165, 1.54) is 0 Å². The summed E-state index contributed by atoms with van der Waals surface area (Å²) in [7, 11) is 0. The Morgan fingerprint density at radius 1 is 1.33 bits per heavy atom. The summed E-state index contributed by atoms with van der Waals surface area (Å²) in [5.74, 6) is -2.79. The lowest BCUT2D eigenvalue weighted by molar-refractivity contribution is -0.150. The van der Waals surface area contributed by atoms with Gasteiger partial charge in [0.25, 0.3) is 0 Å². The summed E-state index contributed by atoms with van der Waals surface area (Å²) in [6.45, 7) is 5.34. The molecular weight excluding hydrogens is 240 g/mol. The van der Waals surface area contributed by atoms with Gasteiger partial charge >= 0.3 is 11.9 Å². The minimum absolute atomic E-state index is 0.0882. The van der Waals surface area contributed by atoms with Crippen LogP contribution in [0.4, 0.5) is 0 Å². The minimum atomic E-state index is -1.50. The maximum absolute atomic E-state index is 11.6. The molecule has 0 aliphatic rings. The fraction of sp³-hybridized carbons (Fsp3) is 0.727. The Bertz CT molecular complexity index is 317. The largest absolute Gasteiger partial charge is 0.480 e. The maximum atomic E-state index is 11.6. The number of hydrogen-bond donors (Lipinski definition) is 3. The molecule has 0 aromatic rings. The van der Waals surface area contributed by atoms with E-state index in [2.05, 4.69) is 10.1 Å². The molecule has 1 amide bonds. The van der Waals surface area contributed by atoms with Gasteiger partial charge in [-0.25, -0.2) is 9.59 Å². The third-order valence-corrected chi connectivity index (χ3v) is 2.14. The minimum Gasteiger partial charge on any atom is -0.480 e.